The van der Waals surface area contributed by atoms with Crippen molar-refractivity contribution in [3.63, 3.8) is 0 Å². The van der Waals surface area contributed by atoms with Crippen LogP contribution < -0.4 is 4.74 Å². The van der Waals surface area contributed by atoms with E-state index >= 15 is 0 Å². The van der Waals surface area contributed by atoms with Gasteiger partial charge in [-0.15, -0.1) is 0 Å². The standard InChI is InChI=1S/C13H10FNO3/c1-8-6-7-9(13(16)17)12(15-8)18-11-5-3-2-4-10(11)14/h2-7H,1H3,(H,16,17). The lowest BCUT2D eigenvalue weighted by Gasteiger charge is -2.08. The van der Waals surface area contributed by atoms with Gasteiger partial charge in [-0.1, -0.05) is 12.1 Å². The van der Waals surface area contributed by atoms with Crippen LogP contribution in [0.25, 0.3) is 0 Å². The van der Waals surface area contributed by atoms with Crippen LogP contribution in [0.15, 0.2) is 36.4 Å². The number of halogens is 1. The molecule has 2 rings (SSSR count). The Morgan fingerprint density at radius 3 is 2.67 bits per heavy atom. The Kier molecular flexibility index (Phi) is 3.23. The van der Waals surface area contributed by atoms with Gasteiger partial charge in [0.05, 0.1) is 0 Å². The van der Waals surface area contributed by atoms with Gasteiger partial charge in [0.2, 0.25) is 5.88 Å². The molecule has 0 amide bonds. The highest BCUT2D eigenvalue weighted by Crippen LogP contribution is 2.25. The highest BCUT2D eigenvalue weighted by Gasteiger charge is 2.15. The highest BCUT2D eigenvalue weighted by molar-refractivity contribution is 5.90. The number of rotatable bonds is 3. The Bertz CT molecular complexity index is 599. The second-order valence-corrected chi connectivity index (χ2v) is 3.64. The summed E-state index contributed by atoms with van der Waals surface area (Å²) in [5.41, 5.74) is 0.482. The van der Waals surface area contributed by atoms with E-state index in [1.165, 1.54) is 24.3 Å². The molecule has 0 bridgehead atoms. The van der Waals surface area contributed by atoms with Crippen LogP contribution in [0.3, 0.4) is 0 Å². The monoisotopic (exact) mass is 247 g/mol. The van der Waals surface area contributed by atoms with E-state index in [0.29, 0.717) is 5.69 Å². The number of carboxylic acid groups (broad SMARTS) is 1. The molecule has 18 heavy (non-hydrogen) atoms. The zero-order chi connectivity index (χ0) is 13.1. The molecule has 1 aromatic carbocycles. The van der Waals surface area contributed by atoms with Crippen molar-refractivity contribution >= 4 is 5.97 Å². The van der Waals surface area contributed by atoms with Gasteiger partial charge >= 0.3 is 5.97 Å². The van der Waals surface area contributed by atoms with E-state index in [-0.39, 0.29) is 17.2 Å². The largest absolute Gasteiger partial charge is 0.477 e. The van der Waals surface area contributed by atoms with E-state index in [1.54, 1.807) is 19.1 Å². The zero-order valence-electron chi connectivity index (χ0n) is 9.55. The average molecular weight is 247 g/mol. The number of hydrogen-bond donors (Lipinski definition) is 1. The van der Waals surface area contributed by atoms with Gasteiger partial charge in [0.15, 0.2) is 11.6 Å². The predicted octanol–water partition coefficient (Wildman–Crippen LogP) is 3.02. The van der Waals surface area contributed by atoms with Crippen LogP contribution >= 0.6 is 0 Å². The molecule has 0 aliphatic carbocycles. The van der Waals surface area contributed by atoms with Crippen molar-refractivity contribution < 1.29 is 19.0 Å². The summed E-state index contributed by atoms with van der Waals surface area (Å²) >= 11 is 0. The molecular weight excluding hydrogens is 237 g/mol. The fourth-order valence-electron chi connectivity index (χ4n) is 1.41. The minimum absolute atomic E-state index is 0.0573. The third-order valence-corrected chi connectivity index (χ3v) is 2.27. The summed E-state index contributed by atoms with van der Waals surface area (Å²) in [4.78, 5) is 15.0. The number of aryl methyl sites for hydroxylation is 1. The number of ether oxygens (including phenoxy) is 1. The van der Waals surface area contributed by atoms with Gasteiger partial charge in [-0.25, -0.2) is 14.2 Å². The maximum atomic E-state index is 13.4. The van der Waals surface area contributed by atoms with Gasteiger partial charge in [0.25, 0.3) is 0 Å². The van der Waals surface area contributed by atoms with Gasteiger partial charge in [-0.2, -0.15) is 0 Å². The molecule has 0 radical (unpaired) electrons. The number of nitrogens with zero attached hydrogens (tertiary/aromatic N) is 1. The summed E-state index contributed by atoms with van der Waals surface area (Å²) in [6, 6.07) is 8.67. The molecule has 0 fully saturated rings. The van der Waals surface area contributed by atoms with Crippen molar-refractivity contribution in [3.05, 3.63) is 53.5 Å². The number of carboxylic acids is 1. The van der Waals surface area contributed by atoms with Crippen molar-refractivity contribution in [2.75, 3.05) is 0 Å². The summed E-state index contributed by atoms with van der Waals surface area (Å²) < 4.78 is 18.6. The SMILES string of the molecule is Cc1ccc(C(=O)O)c(Oc2ccccc2F)n1. The molecule has 5 heteroatoms. The van der Waals surface area contributed by atoms with Gasteiger partial charge in [0, 0.05) is 5.69 Å². The molecule has 92 valence electrons. The lowest BCUT2D eigenvalue weighted by atomic mass is 10.2. The van der Waals surface area contributed by atoms with E-state index in [9.17, 15) is 9.18 Å². The summed E-state index contributed by atoms with van der Waals surface area (Å²) in [5, 5.41) is 8.99. The molecule has 1 N–H and O–H groups in total. The molecule has 0 atom stereocenters. The van der Waals surface area contributed by atoms with E-state index in [4.69, 9.17) is 9.84 Å². The first-order valence-electron chi connectivity index (χ1n) is 5.21. The molecule has 0 aliphatic heterocycles. The summed E-state index contributed by atoms with van der Waals surface area (Å²) in [5.74, 6) is -1.92. The van der Waals surface area contributed by atoms with Crippen LogP contribution in [0.1, 0.15) is 16.1 Å². The second-order valence-electron chi connectivity index (χ2n) is 3.64. The van der Waals surface area contributed by atoms with E-state index in [0.717, 1.165) is 0 Å². The number of aromatic nitrogens is 1. The smallest absolute Gasteiger partial charge is 0.341 e. The normalized spacial score (nSPS) is 10.1. The zero-order valence-corrected chi connectivity index (χ0v) is 9.55. The molecule has 0 unspecified atom stereocenters. The van der Waals surface area contributed by atoms with Crippen molar-refractivity contribution in [2.45, 2.75) is 6.92 Å². The Morgan fingerprint density at radius 2 is 2.00 bits per heavy atom. The molecule has 0 spiro atoms. The minimum atomic E-state index is -1.17. The fraction of sp³-hybridized carbons (Fsp3) is 0.0769. The maximum absolute atomic E-state index is 13.4. The van der Waals surface area contributed by atoms with Gasteiger partial charge in [-0.3, -0.25) is 0 Å². The van der Waals surface area contributed by atoms with E-state index in [1.807, 2.05) is 0 Å². The van der Waals surface area contributed by atoms with Gasteiger partial charge in [-0.05, 0) is 31.2 Å². The van der Waals surface area contributed by atoms with Crippen LogP contribution in [0.2, 0.25) is 0 Å². The lowest BCUT2D eigenvalue weighted by molar-refractivity contribution is 0.0693. The van der Waals surface area contributed by atoms with Crippen molar-refractivity contribution in [1.29, 1.82) is 0 Å². The molecule has 0 aliphatic rings. The summed E-state index contributed by atoms with van der Waals surface area (Å²) in [6.45, 7) is 1.69. The number of aromatic carboxylic acids is 1. The lowest BCUT2D eigenvalue weighted by Crippen LogP contribution is -2.03. The molecule has 1 heterocycles. The molecule has 1 aromatic heterocycles. The molecule has 4 nitrogen and oxygen atoms in total. The van der Waals surface area contributed by atoms with Crippen molar-refractivity contribution in [1.82, 2.24) is 4.98 Å². The Hall–Kier alpha value is -2.43. The minimum Gasteiger partial charge on any atom is -0.477 e. The molecule has 0 saturated heterocycles. The number of hydrogen-bond acceptors (Lipinski definition) is 3. The summed E-state index contributed by atoms with van der Waals surface area (Å²) in [7, 11) is 0. The third kappa shape index (κ3) is 2.45. The third-order valence-electron chi connectivity index (χ3n) is 2.27. The summed E-state index contributed by atoms with van der Waals surface area (Å²) in [6.07, 6.45) is 0. The Morgan fingerprint density at radius 1 is 1.28 bits per heavy atom. The fourth-order valence-corrected chi connectivity index (χ4v) is 1.41. The van der Waals surface area contributed by atoms with Crippen LogP contribution in [-0.2, 0) is 0 Å². The first-order chi connectivity index (χ1) is 8.58. The second kappa shape index (κ2) is 4.83. The Balaban J connectivity index is 2.42. The van der Waals surface area contributed by atoms with E-state index < -0.39 is 11.8 Å². The van der Waals surface area contributed by atoms with Crippen molar-refractivity contribution in [3.8, 4) is 11.6 Å². The number of para-hydroxylation sites is 1. The first-order valence-corrected chi connectivity index (χ1v) is 5.21. The van der Waals surface area contributed by atoms with E-state index in [2.05, 4.69) is 4.98 Å². The van der Waals surface area contributed by atoms with Gasteiger partial charge in [0.1, 0.15) is 5.56 Å². The number of benzene rings is 1. The van der Waals surface area contributed by atoms with Crippen LogP contribution in [-0.4, -0.2) is 16.1 Å². The van der Waals surface area contributed by atoms with Gasteiger partial charge < -0.3 is 9.84 Å². The number of carbonyl (C=O) groups is 1. The first kappa shape index (κ1) is 12.0. The molecular formula is C13H10FNO3. The van der Waals surface area contributed by atoms with Crippen LogP contribution in [0.5, 0.6) is 11.6 Å². The Labute approximate surface area is 103 Å². The van der Waals surface area contributed by atoms with Crippen LogP contribution in [0, 0.1) is 12.7 Å². The predicted molar refractivity (Wildman–Crippen MR) is 62.4 cm³/mol. The maximum Gasteiger partial charge on any atom is 0.341 e. The van der Waals surface area contributed by atoms with Crippen LogP contribution in [0.4, 0.5) is 4.39 Å². The average Bonchev–Trinajstić information content (AvgIpc) is 2.32. The molecule has 0 saturated carbocycles. The molecule has 2 aromatic rings. The number of pyridine rings is 1. The highest BCUT2D eigenvalue weighted by atomic mass is 19.1. The van der Waals surface area contributed by atoms with Crippen molar-refractivity contribution in [2.24, 2.45) is 0 Å². The topological polar surface area (TPSA) is 59.4 Å². The quantitative estimate of drug-likeness (QED) is 0.905.